The molecule has 0 aliphatic carbocycles. The van der Waals surface area contributed by atoms with Crippen LogP contribution in [0.1, 0.15) is 42.5 Å². The molecule has 1 atom stereocenters. The lowest BCUT2D eigenvalue weighted by molar-refractivity contribution is 0.0585. The Hall–Kier alpha value is -2.33. The number of likely N-dealkylation sites (tertiary alicyclic amines) is 1. The van der Waals surface area contributed by atoms with Crippen LogP contribution in [0, 0.1) is 0 Å². The summed E-state index contributed by atoms with van der Waals surface area (Å²) in [7, 11) is 5.82. The summed E-state index contributed by atoms with van der Waals surface area (Å²) in [6, 6.07) is 16.9. The molecule has 4 nitrogen and oxygen atoms in total. The minimum Gasteiger partial charge on any atom is -0.385 e. The van der Waals surface area contributed by atoms with Crippen LogP contribution in [0.3, 0.4) is 0 Å². The molecule has 150 valence electrons. The van der Waals surface area contributed by atoms with E-state index in [4.69, 9.17) is 4.74 Å². The predicted octanol–water partition coefficient (Wildman–Crippen LogP) is 4.84. The van der Waals surface area contributed by atoms with E-state index in [0.29, 0.717) is 6.04 Å². The number of anilines is 1. The average molecular weight is 381 g/mol. The second-order valence-electron chi connectivity index (χ2n) is 7.81. The molecule has 2 aromatic carbocycles. The maximum Gasteiger partial charge on any atom is 0.254 e. The largest absolute Gasteiger partial charge is 0.385 e. The summed E-state index contributed by atoms with van der Waals surface area (Å²) in [4.78, 5) is 17.3. The first kappa shape index (κ1) is 20.4. The van der Waals surface area contributed by atoms with Crippen molar-refractivity contribution in [3.05, 3.63) is 54.1 Å². The summed E-state index contributed by atoms with van der Waals surface area (Å²) < 4.78 is 5.19. The van der Waals surface area contributed by atoms with Gasteiger partial charge in [0.15, 0.2) is 0 Å². The van der Waals surface area contributed by atoms with Crippen molar-refractivity contribution in [1.82, 2.24) is 4.90 Å². The zero-order valence-electron chi connectivity index (χ0n) is 17.4. The van der Waals surface area contributed by atoms with E-state index < -0.39 is 0 Å². The van der Waals surface area contributed by atoms with E-state index in [-0.39, 0.29) is 5.91 Å². The smallest absolute Gasteiger partial charge is 0.254 e. The van der Waals surface area contributed by atoms with Crippen molar-refractivity contribution >= 4 is 11.6 Å². The van der Waals surface area contributed by atoms with Gasteiger partial charge in [-0.3, -0.25) is 4.79 Å². The molecule has 0 N–H and O–H groups in total. The van der Waals surface area contributed by atoms with Crippen molar-refractivity contribution < 1.29 is 9.53 Å². The number of rotatable bonds is 7. The van der Waals surface area contributed by atoms with Crippen LogP contribution >= 0.6 is 0 Å². The fourth-order valence-corrected chi connectivity index (χ4v) is 3.97. The number of nitrogens with zero attached hydrogens (tertiary/aromatic N) is 2. The number of amides is 1. The van der Waals surface area contributed by atoms with E-state index in [2.05, 4.69) is 46.2 Å². The maximum atomic E-state index is 13.1. The summed E-state index contributed by atoms with van der Waals surface area (Å²) in [6.07, 6.45) is 5.44. The van der Waals surface area contributed by atoms with Gasteiger partial charge in [-0.25, -0.2) is 0 Å². The van der Waals surface area contributed by atoms with Gasteiger partial charge >= 0.3 is 0 Å². The molecule has 1 saturated heterocycles. The minimum atomic E-state index is 0.163. The number of ether oxygens (including phenoxy) is 1. The second-order valence-corrected chi connectivity index (χ2v) is 7.81. The van der Waals surface area contributed by atoms with Crippen molar-refractivity contribution in [3.8, 4) is 11.1 Å². The highest BCUT2D eigenvalue weighted by Crippen LogP contribution is 2.26. The van der Waals surface area contributed by atoms with E-state index in [0.717, 1.165) is 50.0 Å². The Bertz CT molecular complexity index is 770. The van der Waals surface area contributed by atoms with Gasteiger partial charge in [0, 0.05) is 51.6 Å². The van der Waals surface area contributed by atoms with Crippen molar-refractivity contribution in [1.29, 1.82) is 0 Å². The number of carbonyl (C=O) groups excluding carboxylic acids is 1. The van der Waals surface area contributed by atoms with Gasteiger partial charge in [-0.1, -0.05) is 24.3 Å². The Morgan fingerprint density at radius 2 is 1.89 bits per heavy atom. The van der Waals surface area contributed by atoms with Crippen molar-refractivity contribution in [2.24, 2.45) is 0 Å². The summed E-state index contributed by atoms with van der Waals surface area (Å²) in [6.45, 7) is 1.63. The van der Waals surface area contributed by atoms with E-state index in [1.165, 1.54) is 17.7 Å². The van der Waals surface area contributed by atoms with Gasteiger partial charge in [0.1, 0.15) is 0 Å². The molecule has 3 rings (SSSR count). The van der Waals surface area contributed by atoms with Gasteiger partial charge in [-0.05, 0) is 67.5 Å². The van der Waals surface area contributed by atoms with Crippen LogP contribution in [0.15, 0.2) is 48.5 Å². The molecule has 28 heavy (non-hydrogen) atoms. The summed E-state index contributed by atoms with van der Waals surface area (Å²) in [5.41, 5.74) is 4.26. The Labute approximate surface area is 169 Å². The number of benzene rings is 2. The third kappa shape index (κ3) is 4.93. The van der Waals surface area contributed by atoms with Crippen LogP contribution in [0.25, 0.3) is 11.1 Å². The summed E-state index contributed by atoms with van der Waals surface area (Å²) in [5, 5.41) is 0. The van der Waals surface area contributed by atoms with Crippen LogP contribution in [0.5, 0.6) is 0 Å². The molecule has 1 amide bonds. The first-order valence-corrected chi connectivity index (χ1v) is 10.3. The monoisotopic (exact) mass is 380 g/mol. The molecule has 4 heteroatoms. The van der Waals surface area contributed by atoms with Gasteiger partial charge in [0.2, 0.25) is 0 Å². The van der Waals surface area contributed by atoms with Crippen LogP contribution in [-0.2, 0) is 4.74 Å². The standard InChI is InChI=1S/C24H32N2O2/c1-25(2)23-10-6-8-21(18-23)19-12-14-20(15-13-19)24(27)26-16-5-4-9-22(26)11-7-17-28-3/h6,8,10,12-15,18,22H,4-5,7,9,11,16-17H2,1-3H3/t22-/m0/s1. The van der Waals surface area contributed by atoms with Gasteiger partial charge in [0.05, 0.1) is 0 Å². The van der Waals surface area contributed by atoms with Gasteiger partial charge in [0.25, 0.3) is 5.91 Å². The SMILES string of the molecule is COCCC[C@@H]1CCCCN1C(=O)c1ccc(-c2cccc(N(C)C)c2)cc1. The Kier molecular flexibility index (Phi) is 7.10. The van der Waals surface area contributed by atoms with Gasteiger partial charge < -0.3 is 14.5 Å². The number of hydrogen-bond acceptors (Lipinski definition) is 3. The lowest BCUT2D eigenvalue weighted by Crippen LogP contribution is -2.43. The normalized spacial score (nSPS) is 16.8. The number of carbonyl (C=O) groups is 1. The zero-order valence-corrected chi connectivity index (χ0v) is 17.4. The topological polar surface area (TPSA) is 32.8 Å². The lowest BCUT2D eigenvalue weighted by Gasteiger charge is -2.36. The first-order chi connectivity index (χ1) is 13.6. The van der Waals surface area contributed by atoms with Crippen molar-refractivity contribution in [2.75, 3.05) is 39.3 Å². The molecule has 0 unspecified atom stereocenters. The van der Waals surface area contributed by atoms with Crippen molar-refractivity contribution in [3.63, 3.8) is 0 Å². The molecule has 0 saturated carbocycles. The molecule has 1 aliphatic heterocycles. The Morgan fingerprint density at radius 1 is 1.11 bits per heavy atom. The maximum absolute atomic E-state index is 13.1. The Balaban J connectivity index is 1.73. The van der Waals surface area contributed by atoms with Gasteiger partial charge in [-0.15, -0.1) is 0 Å². The fraction of sp³-hybridized carbons (Fsp3) is 0.458. The number of hydrogen-bond donors (Lipinski definition) is 0. The third-order valence-corrected chi connectivity index (χ3v) is 5.60. The first-order valence-electron chi connectivity index (χ1n) is 10.3. The van der Waals surface area contributed by atoms with E-state index in [1.807, 2.05) is 26.2 Å². The highest BCUT2D eigenvalue weighted by Gasteiger charge is 2.27. The summed E-state index contributed by atoms with van der Waals surface area (Å²) in [5.74, 6) is 0.163. The molecule has 1 heterocycles. The highest BCUT2D eigenvalue weighted by atomic mass is 16.5. The fourth-order valence-electron chi connectivity index (χ4n) is 3.97. The molecular formula is C24H32N2O2. The molecular weight excluding hydrogens is 348 g/mol. The van der Waals surface area contributed by atoms with E-state index in [1.54, 1.807) is 7.11 Å². The molecule has 1 fully saturated rings. The number of methoxy groups -OCH3 is 1. The molecule has 0 spiro atoms. The zero-order chi connectivity index (χ0) is 19.9. The average Bonchev–Trinajstić information content (AvgIpc) is 2.74. The molecule has 2 aromatic rings. The predicted molar refractivity (Wildman–Crippen MR) is 116 cm³/mol. The second kappa shape index (κ2) is 9.74. The number of piperidine rings is 1. The van der Waals surface area contributed by atoms with Gasteiger partial charge in [-0.2, -0.15) is 0 Å². The van der Waals surface area contributed by atoms with Crippen LogP contribution in [0.2, 0.25) is 0 Å². The van der Waals surface area contributed by atoms with Crippen molar-refractivity contribution in [2.45, 2.75) is 38.1 Å². The van der Waals surface area contributed by atoms with Crippen LogP contribution in [0.4, 0.5) is 5.69 Å². The van der Waals surface area contributed by atoms with Crippen LogP contribution < -0.4 is 4.90 Å². The minimum absolute atomic E-state index is 0.163. The molecule has 0 bridgehead atoms. The molecule has 0 aromatic heterocycles. The lowest BCUT2D eigenvalue weighted by atomic mass is 9.96. The summed E-state index contributed by atoms with van der Waals surface area (Å²) >= 11 is 0. The van der Waals surface area contributed by atoms with E-state index >= 15 is 0 Å². The molecule has 1 aliphatic rings. The van der Waals surface area contributed by atoms with Crippen LogP contribution in [-0.4, -0.2) is 51.2 Å². The third-order valence-electron chi connectivity index (χ3n) is 5.60. The molecule has 0 radical (unpaired) electrons. The highest BCUT2D eigenvalue weighted by molar-refractivity contribution is 5.95. The quantitative estimate of drug-likeness (QED) is 0.644. The Morgan fingerprint density at radius 3 is 2.61 bits per heavy atom. The van der Waals surface area contributed by atoms with E-state index in [9.17, 15) is 4.79 Å².